The number of rotatable bonds is 4. The van der Waals surface area contributed by atoms with E-state index in [1.54, 1.807) is 0 Å². The molecule has 1 heterocycles. The first kappa shape index (κ1) is 14.3. The van der Waals surface area contributed by atoms with E-state index in [0.717, 1.165) is 12.6 Å². The first-order valence-corrected chi connectivity index (χ1v) is 6.25. The van der Waals surface area contributed by atoms with Crippen LogP contribution in [0.1, 0.15) is 16.8 Å². The lowest BCUT2D eigenvalue weighted by Gasteiger charge is -2.23. The Morgan fingerprint density at radius 3 is 2.90 bits per heavy atom. The zero-order chi connectivity index (χ0) is 14.5. The molecule has 1 fully saturated rings. The SMILES string of the molecule is O=C(CC1CNCCO1)Nc1ccc(O)cc1C(=O)O. The molecule has 2 rings (SSSR count). The third-order valence-electron chi connectivity index (χ3n) is 2.93. The van der Waals surface area contributed by atoms with Gasteiger partial charge in [0, 0.05) is 13.1 Å². The lowest BCUT2D eigenvalue weighted by atomic mass is 10.1. The molecule has 1 atom stereocenters. The van der Waals surface area contributed by atoms with E-state index in [2.05, 4.69) is 10.6 Å². The van der Waals surface area contributed by atoms with Crippen molar-refractivity contribution < 1.29 is 24.5 Å². The normalized spacial score (nSPS) is 18.5. The van der Waals surface area contributed by atoms with Gasteiger partial charge in [0.25, 0.3) is 0 Å². The van der Waals surface area contributed by atoms with Gasteiger partial charge >= 0.3 is 5.97 Å². The molecule has 4 N–H and O–H groups in total. The largest absolute Gasteiger partial charge is 0.508 e. The summed E-state index contributed by atoms with van der Waals surface area (Å²) in [4.78, 5) is 22.9. The molecule has 1 aliphatic rings. The van der Waals surface area contributed by atoms with Crippen molar-refractivity contribution in [3.8, 4) is 5.75 Å². The Kier molecular flexibility index (Phi) is 4.54. The Hall–Kier alpha value is -2.12. The van der Waals surface area contributed by atoms with Crippen LogP contribution in [-0.2, 0) is 9.53 Å². The van der Waals surface area contributed by atoms with Crippen LogP contribution in [0.15, 0.2) is 18.2 Å². The first-order valence-electron chi connectivity index (χ1n) is 6.25. The van der Waals surface area contributed by atoms with Crippen molar-refractivity contribution in [3.05, 3.63) is 23.8 Å². The molecular formula is C13H16N2O5. The lowest BCUT2D eigenvalue weighted by molar-refractivity contribution is -0.119. The lowest BCUT2D eigenvalue weighted by Crippen LogP contribution is -2.40. The number of hydrogen-bond acceptors (Lipinski definition) is 5. The van der Waals surface area contributed by atoms with Gasteiger partial charge in [0.05, 0.1) is 30.4 Å². The maximum Gasteiger partial charge on any atom is 0.337 e. The molecule has 108 valence electrons. The van der Waals surface area contributed by atoms with E-state index in [-0.39, 0.29) is 35.4 Å². The fourth-order valence-corrected chi connectivity index (χ4v) is 1.98. The Bertz CT molecular complexity index is 511. The minimum Gasteiger partial charge on any atom is -0.508 e. The number of anilines is 1. The summed E-state index contributed by atoms with van der Waals surface area (Å²) in [7, 11) is 0. The summed E-state index contributed by atoms with van der Waals surface area (Å²) in [6.07, 6.45) is -0.0680. The average molecular weight is 280 g/mol. The second-order valence-corrected chi connectivity index (χ2v) is 4.48. The molecule has 0 radical (unpaired) electrons. The van der Waals surface area contributed by atoms with Crippen LogP contribution in [0.4, 0.5) is 5.69 Å². The number of aromatic carboxylic acids is 1. The number of morpholine rings is 1. The van der Waals surface area contributed by atoms with Gasteiger partial charge in [-0.1, -0.05) is 0 Å². The number of nitrogens with one attached hydrogen (secondary N) is 2. The Morgan fingerprint density at radius 1 is 1.45 bits per heavy atom. The number of benzene rings is 1. The third kappa shape index (κ3) is 3.69. The van der Waals surface area contributed by atoms with E-state index in [4.69, 9.17) is 9.84 Å². The standard InChI is InChI=1S/C13H16N2O5/c16-8-1-2-11(10(5-8)13(18)19)15-12(17)6-9-7-14-3-4-20-9/h1-2,5,9,14,16H,3-4,6-7H2,(H,15,17)(H,18,19). The molecule has 0 aromatic heterocycles. The van der Waals surface area contributed by atoms with E-state index in [1.807, 2.05) is 0 Å². The molecule has 1 aliphatic heterocycles. The van der Waals surface area contributed by atoms with Crippen molar-refractivity contribution in [1.82, 2.24) is 5.32 Å². The van der Waals surface area contributed by atoms with Gasteiger partial charge in [-0.2, -0.15) is 0 Å². The molecule has 7 heteroatoms. The topological polar surface area (TPSA) is 108 Å². The summed E-state index contributed by atoms with van der Waals surface area (Å²) in [5, 5.41) is 23.9. The molecule has 20 heavy (non-hydrogen) atoms. The van der Waals surface area contributed by atoms with Crippen molar-refractivity contribution in [2.45, 2.75) is 12.5 Å². The van der Waals surface area contributed by atoms with Gasteiger partial charge in [-0.05, 0) is 18.2 Å². The number of carboxylic acids is 1. The number of phenols is 1. The molecule has 0 saturated carbocycles. The highest BCUT2D eigenvalue weighted by molar-refractivity contribution is 6.00. The highest BCUT2D eigenvalue weighted by Crippen LogP contribution is 2.21. The third-order valence-corrected chi connectivity index (χ3v) is 2.93. The molecule has 1 amide bonds. The first-order chi connectivity index (χ1) is 9.56. The molecule has 0 bridgehead atoms. The van der Waals surface area contributed by atoms with E-state index < -0.39 is 5.97 Å². The highest BCUT2D eigenvalue weighted by atomic mass is 16.5. The van der Waals surface area contributed by atoms with Crippen molar-refractivity contribution in [2.24, 2.45) is 0 Å². The molecule has 7 nitrogen and oxygen atoms in total. The molecule has 0 aliphatic carbocycles. The average Bonchev–Trinajstić information content (AvgIpc) is 2.41. The molecule has 0 spiro atoms. The van der Waals surface area contributed by atoms with Crippen LogP contribution in [0.3, 0.4) is 0 Å². The van der Waals surface area contributed by atoms with Crippen molar-refractivity contribution in [1.29, 1.82) is 0 Å². The zero-order valence-electron chi connectivity index (χ0n) is 10.8. The molecule has 1 unspecified atom stereocenters. The summed E-state index contributed by atoms with van der Waals surface area (Å²) >= 11 is 0. The van der Waals surface area contributed by atoms with Crippen LogP contribution >= 0.6 is 0 Å². The van der Waals surface area contributed by atoms with E-state index in [0.29, 0.717) is 13.2 Å². The number of phenolic OH excluding ortho intramolecular Hbond substituents is 1. The van der Waals surface area contributed by atoms with Crippen LogP contribution in [-0.4, -0.2) is 47.9 Å². The summed E-state index contributed by atoms with van der Waals surface area (Å²) in [5.74, 6) is -1.71. The molecular weight excluding hydrogens is 264 g/mol. The predicted molar refractivity (Wildman–Crippen MR) is 70.9 cm³/mol. The summed E-state index contributed by atoms with van der Waals surface area (Å²) in [6.45, 7) is 1.91. The Balaban J connectivity index is 2.01. The zero-order valence-corrected chi connectivity index (χ0v) is 10.8. The van der Waals surface area contributed by atoms with Gasteiger partial charge in [-0.3, -0.25) is 4.79 Å². The van der Waals surface area contributed by atoms with Crippen molar-refractivity contribution in [3.63, 3.8) is 0 Å². The fourth-order valence-electron chi connectivity index (χ4n) is 1.98. The minimum atomic E-state index is -1.22. The summed E-state index contributed by atoms with van der Waals surface area (Å²) in [6, 6.07) is 3.77. The summed E-state index contributed by atoms with van der Waals surface area (Å²) < 4.78 is 5.40. The van der Waals surface area contributed by atoms with Crippen LogP contribution in [0.2, 0.25) is 0 Å². The number of carbonyl (C=O) groups excluding carboxylic acids is 1. The maximum atomic E-state index is 11.9. The predicted octanol–water partition coefficient (Wildman–Crippen LogP) is 0.407. The van der Waals surface area contributed by atoms with Gasteiger partial charge in [-0.25, -0.2) is 4.79 Å². The van der Waals surface area contributed by atoms with E-state index in [1.165, 1.54) is 12.1 Å². The monoisotopic (exact) mass is 280 g/mol. The van der Waals surface area contributed by atoms with Gasteiger partial charge in [0.1, 0.15) is 5.75 Å². The van der Waals surface area contributed by atoms with E-state index in [9.17, 15) is 14.7 Å². The van der Waals surface area contributed by atoms with Gasteiger partial charge in [-0.15, -0.1) is 0 Å². The quantitative estimate of drug-likeness (QED) is 0.595. The van der Waals surface area contributed by atoms with Crippen LogP contribution in [0, 0.1) is 0 Å². The van der Waals surface area contributed by atoms with Crippen molar-refractivity contribution >= 4 is 17.6 Å². The second-order valence-electron chi connectivity index (χ2n) is 4.48. The van der Waals surface area contributed by atoms with Gasteiger partial charge < -0.3 is 25.6 Å². The van der Waals surface area contributed by atoms with E-state index >= 15 is 0 Å². The number of ether oxygens (including phenoxy) is 1. The molecule has 1 aromatic carbocycles. The number of carbonyl (C=O) groups is 2. The number of aromatic hydroxyl groups is 1. The van der Waals surface area contributed by atoms with Gasteiger partial charge in [0.2, 0.25) is 5.91 Å². The second kappa shape index (κ2) is 6.36. The fraction of sp³-hybridized carbons (Fsp3) is 0.385. The smallest absolute Gasteiger partial charge is 0.337 e. The Labute approximate surface area is 115 Å². The van der Waals surface area contributed by atoms with Gasteiger partial charge in [0.15, 0.2) is 0 Å². The number of amides is 1. The maximum absolute atomic E-state index is 11.9. The van der Waals surface area contributed by atoms with Crippen LogP contribution in [0.5, 0.6) is 5.75 Å². The number of hydrogen-bond donors (Lipinski definition) is 4. The van der Waals surface area contributed by atoms with Crippen molar-refractivity contribution in [2.75, 3.05) is 25.0 Å². The minimum absolute atomic E-state index is 0.146. The summed E-state index contributed by atoms with van der Waals surface area (Å²) in [5.41, 5.74) is 0.00473. The highest BCUT2D eigenvalue weighted by Gasteiger charge is 2.19. The van der Waals surface area contributed by atoms with Crippen LogP contribution < -0.4 is 10.6 Å². The molecule has 1 saturated heterocycles. The number of carboxylic acid groups (broad SMARTS) is 1. The molecule has 1 aromatic rings. The van der Waals surface area contributed by atoms with Crippen LogP contribution in [0.25, 0.3) is 0 Å². The Morgan fingerprint density at radius 2 is 2.25 bits per heavy atom.